The maximum Gasteiger partial charge on any atom is 0.298 e. The van der Waals surface area contributed by atoms with Crippen molar-refractivity contribution in [2.24, 2.45) is 0 Å². The third-order valence-corrected chi connectivity index (χ3v) is 3.35. The van der Waals surface area contributed by atoms with E-state index in [0.717, 1.165) is 5.39 Å². The number of hydrogen-bond acceptors (Lipinski definition) is 5. The number of hydrogen-bond donors (Lipinski definition) is 1. The fourth-order valence-corrected chi connectivity index (χ4v) is 2.28. The molecule has 0 bridgehead atoms. The summed E-state index contributed by atoms with van der Waals surface area (Å²) in [7, 11) is 1.69. The second-order valence-corrected chi connectivity index (χ2v) is 4.75. The first kappa shape index (κ1) is 13.4. The van der Waals surface area contributed by atoms with Crippen molar-refractivity contribution in [1.29, 1.82) is 0 Å². The molecule has 0 amide bonds. The number of aromatic nitrogens is 1. The van der Waals surface area contributed by atoms with Crippen LogP contribution in [0.2, 0.25) is 5.02 Å². The van der Waals surface area contributed by atoms with Crippen LogP contribution in [-0.2, 0) is 0 Å². The Morgan fingerprint density at radius 1 is 1.33 bits per heavy atom. The number of nitrogens with zero attached hydrogens (tertiary/aromatic N) is 2. The Morgan fingerprint density at radius 3 is 2.81 bits per heavy atom. The Labute approximate surface area is 124 Å². The Hall–Kier alpha value is -2.60. The van der Waals surface area contributed by atoms with Gasteiger partial charge in [-0.15, -0.1) is 0 Å². The molecule has 3 aromatic rings. The third kappa shape index (κ3) is 2.30. The minimum absolute atomic E-state index is 0.121. The largest absolute Gasteiger partial charge is 0.453 e. The van der Waals surface area contributed by atoms with E-state index < -0.39 is 4.92 Å². The lowest BCUT2D eigenvalue weighted by atomic mass is 10.2. The number of furan rings is 1. The summed E-state index contributed by atoms with van der Waals surface area (Å²) in [6.45, 7) is 0. The number of benzene rings is 1. The number of para-hydroxylation sites is 1. The molecule has 2 heterocycles. The first-order valence-electron chi connectivity index (χ1n) is 6.12. The molecule has 0 radical (unpaired) electrons. The number of halogens is 1. The highest BCUT2D eigenvalue weighted by Gasteiger charge is 2.21. The van der Waals surface area contributed by atoms with Crippen molar-refractivity contribution < 1.29 is 9.34 Å². The molecule has 6 nitrogen and oxygen atoms in total. The SMILES string of the molecule is CNc1ccc([N+](=O)[O-])c(-c2cc3cccc(Cl)c3o2)n1. The van der Waals surface area contributed by atoms with Gasteiger partial charge in [0.25, 0.3) is 5.69 Å². The average molecular weight is 304 g/mol. The molecule has 3 rings (SSSR count). The molecule has 7 heteroatoms. The fourth-order valence-electron chi connectivity index (χ4n) is 2.06. The number of anilines is 1. The minimum atomic E-state index is -0.490. The molecule has 0 unspecified atom stereocenters. The second kappa shape index (κ2) is 5.06. The van der Waals surface area contributed by atoms with Gasteiger partial charge in [0, 0.05) is 18.5 Å². The van der Waals surface area contributed by atoms with Gasteiger partial charge in [-0.3, -0.25) is 10.1 Å². The standard InChI is InChI=1S/C14H10ClN3O3/c1-16-12-6-5-10(18(19)20)13(17-12)11-7-8-3-2-4-9(15)14(8)21-11/h2-7H,1H3,(H,16,17). The first-order chi connectivity index (χ1) is 10.1. The van der Waals surface area contributed by atoms with E-state index in [1.165, 1.54) is 12.1 Å². The number of pyridine rings is 1. The van der Waals surface area contributed by atoms with Gasteiger partial charge in [0.2, 0.25) is 0 Å². The van der Waals surface area contributed by atoms with Crippen molar-refractivity contribution >= 4 is 34.1 Å². The molecule has 0 spiro atoms. The Morgan fingerprint density at radius 2 is 2.14 bits per heavy atom. The van der Waals surface area contributed by atoms with E-state index in [1.54, 1.807) is 25.2 Å². The summed E-state index contributed by atoms with van der Waals surface area (Å²) in [6, 6.07) is 9.93. The van der Waals surface area contributed by atoms with Crippen molar-refractivity contribution in [2.45, 2.75) is 0 Å². The number of nitrogens with one attached hydrogen (secondary N) is 1. The summed E-state index contributed by atoms with van der Waals surface area (Å²) in [4.78, 5) is 14.9. The van der Waals surface area contributed by atoms with Crippen LogP contribution in [0.4, 0.5) is 11.5 Å². The summed E-state index contributed by atoms with van der Waals surface area (Å²) in [5.74, 6) is 0.823. The highest BCUT2D eigenvalue weighted by molar-refractivity contribution is 6.34. The van der Waals surface area contributed by atoms with Gasteiger partial charge in [-0.05, 0) is 18.2 Å². The summed E-state index contributed by atoms with van der Waals surface area (Å²) >= 11 is 6.06. The third-order valence-electron chi connectivity index (χ3n) is 3.06. The van der Waals surface area contributed by atoms with Crippen LogP contribution in [0.3, 0.4) is 0 Å². The number of nitro groups is 1. The zero-order chi connectivity index (χ0) is 15.0. The van der Waals surface area contributed by atoms with Crippen molar-refractivity contribution in [3.8, 4) is 11.5 Å². The van der Waals surface area contributed by atoms with Crippen molar-refractivity contribution in [3.05, 3.63) is 51.5 Å². The van der Waals surface area contributed by atoms with E-state index in [4.69, 9.17) is 16.0 Å². The van der Waals surface area contributed by atoms with E-state index in [9.17, 15) is 10.1 Å². The van der Waals surface area contributed by atoms with Gasteiger partial charge in [0.05, 0.1) is 9.95 Å². The highest BCUT2D eigenvalue weighted by Crippen LogP contribution is 2.35. The molecule has 0 aliphatic carbocycles. The van der Waals surface area contributed by atoms with Gasteiger partial charge in [-0.2, -0.15) is 0 Å². The van der Waals surface area contributed by atoms with Crippen LogP contribution in [0.15, 0.2) is 40.8 Å². The number of fused-ring (bicyclic) bond motifs is 1. The second-order valence-electron chi connectivity index (χ2n) is 4.34. The topological polar surface area (TPSA) is 81.2 Å². The van der Waals surface area contributed by atoms with Crippen LogP contribution in [0.25, 0.3) is 22.4 Å². The Kier molecular flexibility index (Phi) is 3.23. The number of rotatable bonds is 3. The maximum absolute atomic E-state index is 11.2. The van der Waals surface area contributed by atoms with Crippen molar-refractivity contribution in [1.82, 2.24) is 4.98 Å². The molecule has 2 aromatic heterocycles. The van der Waals surface area contributed by atoms with Gasteiger partial charge < -0.3 is 9.73 Å². The lowest BCUT2D eigenvalue weighted by Gasteiger charge is -2.02. The quantitative estimate of drug-likeness (QED) is 0.582. The monoisotopic (exact) mass is 303 g/mol. The van der Waals surface area contributed by atoms with Gasteiger partial charge in [0.1, 0.15) is 5.82 Å². The van der Waals surface area contributed by atoms with Gasteiger partial charge in [-0.25, -0.2) is 4.98 Å². The zero-order valence-electron chi connectivity index (χ0n) is 11.0. The molecule has 21 heavy (non-hydrogen) atoms. The molecule has 0 aliphatic rings. The van der Waals surface area contributed by atoms with Gasteiger partial charge >= 0.3 is 0 Å². The molecule has 0 atom stereocenters. The van der Waals surface area contributed by atoms with Crippen LogP contribution in [0.5, 0.6) is 0 Å². The van der Waals surface area contributed by atoms with Crippen molar-refractivity contribution in [2.75, 3.05) is 12.4 Å². The van der Waals surface area contributed by atoms with E-state index in [1.807, 2.05) is 6.07 Å². The summed E-state index contributed by atoms with van der Waals surface area (Å²) in [5.41, 5.74) is 0.531. The maximum atomic E-state index is 11.2. The molecule has 0 fully saturated rings. The van der Waals surface area contributed by atoms with E-state index in [0.29, 0.717) is 22.2 Å². The van der Waals surface area contributed by atoms with Crippen LogP contribution >= 0.6 is 11.6 Å². The zero-order valence-corrected chi connectivity index (χ0v) is 11.7. The van der Waals surface area contributed by atoms with E-state index in [-0.39, 0.29) is 11.4 Å². The average Bonchev–Trinajstić information content (AvgIpc) is 2.92. The molecular weight excluding hydrogens is 294 g/mol. The van der Waals surface area contributed by atoms with E-state index >= 15 is 0 Å². The molecule has 0 saturated heterocycles. The highest BCUT2D eigenvalue weighted by atomic mass is 35.5. The predicted molar refractivity (Wildman–Crippen MR) is 80.7 cm³/mol. The van der Waals surface area contributed by atoms with Crippen LogP contribution in [0.1, 0.15) is 0 Å². The Balaban J connectivity index is 2.25. The predicted octanol–water partition coefficient (Wildman–Crippen LogP) is 4.10. The minimum Gasteiger partial charge on any atom is -0.453 e. The fraction of sp³-hybridized carbons (Fsp3) is 0.0714. The summed E-state index contributed by atoms with van der Waals surface area (Å²) in [6.07, 6.45) is 0. The van der Waals surface area contributed by atoms with Gasteiger partial charge in [-0.1, -0.05) is 23.7 Å². The molecular formula is C14H10ClN3O3. The van der Waals surface area contributed by atoms with Crippen LogP contribution in [-0.4, -0.2) is 17.0 Å². The summed E-state index contributed by atoms with van der Waals surface area (Å²) < 4.78 is 5.65. The summed E-state index contributed by atoms with van der Waals surface area (Å²) in [5, 5.41) is 15.2. The lowest BCUT2D eigenvalue weighted by Crippen LogP contribution is -1.98. The van der Waals surface area contributed by atoms with Crippen LogP contribution < -0.4 is 5.32 Å². The van der Waals surface area contributed by atoms with Crippen LogP contribution in [0, 0.1) is 10.1 Å². The molecule has 106 valence electrons. The molecule has 0 aliphatic heterocycles. The molecule has 0 saturated carbocycles. The normalized spacial score (nSPS) is 10.8. The van der Waals surface area contributed by atoms with Gasteiger partial charge in [0.15, 0.2) is 17.0 Å². The first-order valence-corrected chi connectivity index (χ1v) is 6.49. The Bertz CT molecular complexity index is 845. The molecule has 1 aromatic carbocycles. The van der Waals surface area contributed by atoms with Crippen molar-refractivity contribution in [3.63, 3.8) is 0 Å². The molecule has 1 N–H and O–H groups in total. The smallest absolute Gasteiger partial charge is 0.298 e. The van der Waals surface area contributed by atoms with E-state index in [2.05, 4.69) is 10.3 Å². The lowest BCUT2D eigenvalue weighted by molar-refractivity contribution is -0.384.